The summed E-state index contributed by atoms with van der Waals surface area (Å²) in [6.45, 7) is 3.61. The zero-order valence-electron chi connectivity index (χ0n) is 39.4. The molecule has 360 valence electrons. The number of rotatable bonds is 45. The summed E-state index contributed by atoms with van der Waals surface area (Å²) in [5.41, 5.74) is 5.37. The molecule has 0 radical (unpaired) electrons. The maximum Gasteiger partial charge on any atom is 0.472 e. The topological polar surface area (TPSA) is 155 Å². The molecule has 0 amide bonds. The molecule has 0 fully saturated rings. The Hall–Kier alpha value is -3.11. The number of carboxylic acid groups (broad SMARTS) is 1. The van der Waals surface area contributed by atoms with E-state index in [-0.39, 0.29) is 13.0 Å². The van der Waals surface area contributed by atoms with Crippen LogP contribution in [-0.2, 0) is 32.7 Å². The maximum atomic E-state index is 12.7. The second-order valence-corrected chi connectivity index (χ2v) is 17.3. The van der Waals surface area contributed by atoms with Gasteiger partial charge in [0.05, 0.1) is 19.8 Å². The minimum absolute atomic E-state index is 0.000796. The predicted octanol–water partition coefficient (Wildman–Crippen LogP) is 14.1. The molecular formula is C52H88NO9P. The molecule has 0 saturated carbocycles. The number of carboxylic acids is 1. The summed E-state index contributed by atoms with van der Waals surface area (Å²) in [6, 6.07) is -1.48. The van der Waals surface area contributed by atoms with Crippen LogP contribution in [0, 0.1) is 0 Å². The van der Waals surface area contributed by atoms with Crippen molar-refractivity contribution in [3.8, 4) is 0 Å². The first-order valence-corrected chi connectivity index (χ1v) is 25.8. The lowest BCUT2D eigenvalue weighted by atomic mass is 10.1. The van der Waals surface area contributed by atoms with Gasteiger partial charge in [0, 0.05) is 13.0 Å². The van der Waals surface area contributed by atoms with Crippen molar-refractivity contribution in [3.63, 3.8) is 0 Å². The van der Waals surface area contributed by atoms with E-state index in [4.69, 9.17) is 29.4 Å². The van der Waals surface area contributed by atoms with Gasteiger partial charge in [-0.05, 0) is 89.9 Å². The summed E-state index contributed by atoms with van der Waals surface area (Å²) in [4.78, 5) is 33.6. The standard InChI is InChI=1S/C52H88NO9P/c1-3-5-7-9-11-13-15-17-19-21-22-23-24-25-26-27-29-31-33-35-37-39-41-43-45-59-46-49(47-60-63(57,58)61-48-50(53)52(55)56)62-51(54)44-42-40-38-36-34-32-30-28-20-18-16-14-12-10-8-6-4-2/h5-8,11-14,17-20,22-23,25-26,49-50H,3-4,9-10,15-16,21,24,27-48,53H2,1-2H3,(H,55,56)(H,57,58)/b7-5-,8-6-,13-11-,14-12-,19-17-,20-18-,23-22-,26-25-. The van der Waals surface area contributed by atoms with Gasteiger partial charge in [-0.25, -0.2) is 4.57 Å². The zero-order chi connectivity index (χ0) is 46.2. The minimum Gasteiger partial charge on any atom is -0.480 e. The van der Waals surface area contributed by atoms with Crippen LogP contribution in [0.25, 0.3) is 0 Å². The number of ether oxygens (including phenoxy) is 2. The van der Waals surface area contributed by atoms with Gasteiger partial charge in [0.2, 0.25) is 0 Å². The molecule has 0 saturated heterocycles. The Balaban J connectivity index is 4.21. The smallest absolute Gasteiger partial charge is 0.472 e. The van der Waals surface area contributed by atoms with Crippen LogP contribution < -0.4 is 5.73 Å². The second-order valence-electron chi connectivity index (χ2n) is 15.8. The van der Waals surface area contributed by atoms with E-state index >= 15 is 0 Å². The molecule has 3 atom stereocenters. The molecule has 0 aliphatic heterocycles. The Morgan fingerprint density at radius 1 is 0.508 bits per heavy atom. The molecule has 0 rings (SSSR count). The van der Waals surface area contributed by atoms with Crippen LogP contribution in [0.2, 0.25) is 0 Å². The van der Waals surface area contributed by atoms with E-state index in [0.717, 1.165) is 103 Å². The highest BCUT2D eigenvalue weighted by Crippen LogP contribution is 2.43. The molecule has 0 bridgehead atoms. The number of carbonyl (C=O) groups is 2. The van der Waals surface area contributed by atoms with Gasteiger partial charge in [-0.1, -0.05) is 182 Å². The third-order valence-electron chi connectivity index (χ3n) is 9.86. The summed E-state index contributed by atoms with van der Waals surface area (Å²) in [5, 5.41) is 8.92. The van der Waals surface area contributed by atoms with Gasteiger partial charge in [0.25, 0.3) is 0 Å². The number of carbonyl (C=O) groups excluding carboxylic acids is 1. The van der Waals surface area contributed by atoms with Gasteiger partial charge < -0.3 is 25.2 Å². The number of nitrogens with two attached hydrogens (primary N) is 1. The lowest BCUT2D eigenvalue weighted by Gasteiger charge is -2.20. The highest BCUT2D eigenvalue weighted by Gasteiger charge is 2.27. The van der Waals surface area contributed by atoms with Crippen molar-refractivity contribution < 1.29 is 42.7 Å². The van der Waals surface area contributed by atoms with Crippen molar-refractivity contribution in [2.45, 2.75) is 193 Å². The van der Waals surface area contributed by atoms with Gasteiger partial charge in [-0.15, -0.1) is 0 Å². The Labute approximate surface area is 383 Å². The lowest BCUT2D eigenvalue weighted by molar-refractivity contribution is -0.154. The average Bonchev–Trinajstić information content (AvgIpc) is 3.26. The number of hydrogen-bond acceptors (Lipinski definition) is 8. The number of esters is 1. The van der Waals surface area contributed by atoms with Gasteiger partial charge in [0.15, 0.2) is 0 Å². The molecular weight excluding hydrogens is 814 g/mol. The average molecular weight is 902 g/mol. The zero-order valence-corrected chi connectivity index (χ0v) is 40.3. The largest absolute Gasteiger partial charge is 0.480 e. The summed E-state index contributed by atoms with van der Waals surface area (Å²) in [6.07, 6.45) is 61.7. The molecule has 0 aliphatic rings. The van der Waals surface area contributed by atoms with Crippen LogP contribution in [0.1, 0.15) is 181 Å². The van der Waals surface area contributed by atoms with Crippen molar-refractivity contribution in [2.24, 2.45) is 5.73 Å². The first-order chi connectivity index (χ1) is 30.7. The van der Waals surface area contributed by atoms with Crippen LogP contribution in [-0.4, -0.2) is 60.5 Å². The van der Waals surface area contributed by atoms with Gasteiger partial charge in [0.1, 0.15) is 12.1 Å². The summed E-state index contributed by atoms with van der Waals surface area (Å²) in [5.74, 6) is -1.80. The molecule has 11 heteroatoms. The summed E-state index contributed by atoms with van der Waals surface area (Å²) in [7, 11) is -4.63. The van der Waals surface area contributed by atoms with Crippen molar-refractivity contribution in [1.29, 1.82) is 0 Å². The molecule has 4 N–H and O–H groups in total. The fourth-order valence-corrected chi connectivity index (χ4v) is 6.95. The number of phosphoric ester groups is 1. The molecule has 10 nitrogen and oxygen atoms in total. The highest BCUT2D eigenvalue weighted by atomic mass is 31.2. The van der Waals surface area contributed by atoms with E-state index in [2.05, 4.69) is 111 Å². The SMILES string of the molecule is CC/C=C\C/C=C\C/C=C\C/C=C\C/C=C\CCCCCCCCCCOCC(COP(=O)(O)OCC(N)C(=O)O)OC(=O)CCCCCCCCC/C=C\C/C=C\C/C=C\CC. The maximum absolute atomic E-state index is 12.7. The summed E-state index contributed by atoms with van der Waals surface area (Å²) < 4.78 is 33.4. The van der Waals surface area contributed by atoms with Crippen molar-refractivity contribution in [1.82, 2.24) is 0 Å². The fourth-order valence-electron chi connectivity index (χ4n) is 6.17. The predicted molar refractivity (Wildman–Crippen MR) is 263 cm³/mol. The number of hydrogen-bond donors (Lipinski definition) is 3. The Bertz CT molecular complexity index is 1370. The second kappa shape index (κ2) is 46.9. The van der Waals surface area contributed by atoms with Crippen LogP contribution in [0.3, 0.4) is 0 Å². The first kappa shape index (κ1) is 59.9. The molecule has 0 aromatic heterocycles. The fraction of sp³-hybridized carbons (Fsp3) is 0.654. The monoisotopic (exact) mass is 902 g/mol. The van der Waals surface area contributed by atoms with E-state index in [1.807, 2.05) is 0 Å². The van der Waals surface area contributed by atoms with Crippen molar-refractivity contribution in [2.75, 3.05) is 26.4 Å². The summed E-state index contributed by atoms with van der Waals surface area (Å²) >= 11 is 0. The lowest BCUT2D eigenvalue weighted by Crippen LogP contribution is -2.34. The highest BCUT2D eigenvalue weighted by molar-refractivity contribution is 7.47. The van der Waals surface area contributed by atoms with E-state index in [9.17, 15) is 19.0 Å². The van der Waals surface area contributed by atoms with E-state index in [1.54, 1.807) is 0 Å². The van der Waals surface area contributed by atoms with Gasteiger partial charge in [-0.2, -0.15) is 0 Å². The van der Waals surface area contributed by atoms with Crippen LogP contribution in [0.4, 0.5) is 0 Å². The van der Waals surface area contributed by atoms with E-state index in [1.165, 1.54) is 51.4 Å². The van der Waals surface area contributed by atoms with Gasteiger partial charge in [-0.3, -0.25) is 18.6 Å². The number of unbranched alkanes of at least 4 members (excludes halogenated alkanes) is 15. The minimum atomic E-state index is -4.63. The number of allylic oxidation sites excluding steroid dienone is 16. The number of phosphoric acid groups is 1. The quantitative estimate of drug-likeness (QED) is 0.0233. The Kier molecular flexibility index (Phi) is 44.6. The van der Waals surface area contributed by atoms with E-state index < -0.39 is 45.1 Å². The molecule has 0 aromatic rings. The number of aliphatic carboxylic acids is 1. The molecule has 3 unspecified atom stereocenters. The first-order valence-electron chi connectivity index (χ1n) is 24.3. The van der Waals surface area contributed by atoms with E-state index in [0.29, 0.717) is 13.0 Å². The molecule has 63 heavy (non-hydrogen) atoms. The molecule has 0 aliphatic carbocycles. The van der Waals surface area contributed by atoms with Crippen molar-refractivity contribution in [3.05, 3.63) is 97.2 Å². The van der Waals surface area contributed by atoms with Crippen LogP contribution >= 0.6 is 7.82 Å². The third kappa shape index (κ3) is 46.7. The van der Waals surface area contributed by atoms with Crippen LogP contribution in [0.15, 0.2) is 97.2 Å². The Morgan fingerprint density at radius 2 is 0.873 bits per heavy atom. The van der Waals surface area contributed by atoms with Crippen molar-refractivity contribution >= 4 is 19.8 Å². The molecule has 0 spiro atoms. The Morgan fingerprint density at radius 3 is 1.30 bits per heavy atom. The van der Waals surface area contributed by atoms with Gasteiger partial charge >= 0.3 is 19.8 Å². The third-order valence-corrected chi connectivity index (χ3v) is 10.8. The van der Waals surface area contributed by atoms with Crippen LogP contribution in [0.5, 0.6) is 0 Å². The molecule has 0 aromatic carbocycles. The molecule has 0 heterocycles. The normalized spacial score (nSPS) is 14.6.